The maximum absolute atomic E-state index is 5.55. The lowest BCUT2D eigenvalue weighted by Crippen LogP contribution is -2.02. The van der Waals surface area contributed by atoms with Crippen LogP contribution in [0.2, 0.25) is 0 Å². The lowest BCUT2D eigenvalue weighted by atomic mass is 10.1. The minimum atomic E-state index is 0.663. The van der Waals surface area contributed by atoms with Crippen LogP contribution in [0.25, 0.3) is 17.0 Å². The fourth-order valence-corrected chi connectivity index (χ4v) is 2.07. The predicted molar refractivity (Wildman–Crippen MR) is 73.7 cm³/mol. The first-order valence-corrected chi connectivity index (χ1v) is 6.24. The Bertz CT molecular complexity index is 699. The maximum atomic E-state index is 5.55. The van der Waals surface area contributed by atoms with Gasteiger partial charge in [0, 0.05) is 17.3 Å². The van der Waals surface area contributed by atoms with E-state index in [1.54, 1.807) is 6.33 Å². The third-order valence-electron chi connectivity index (χ3n) is 3.08. The molecule has 0 fully saturated rings. The quantitative estimate of drug-likeness (QED) is 0.769. The van der Waals surface area contributed by atoms with Crippen molar-refractivity contribution >= 4 is 5.65 Å². The Kier molecular flexibility index (Phi) is 2.97. The van der Waals surface area contributed by atoms with Gasteiger partial charge in [-0.25, -0.2) is 4.98 Å². The van der Waals surface area contributed by atoms with Gasteiger partial charge in [0.2, 0.25) is 0 Å². The SMILES string of the molecule is Cc1cc2nnc(-c3ccc(CCN)cc3)n2cn1. The molecular formula is C14H15N5. The minimum absolute atomic E-state index is 0.663. The largest absolute Gasteiger partial charge is 0.330 e. The number of aromatic nitrogens is 4. The van der Waals surface area contributed by atoms with E-state index in [-0.39, 0.29) is 0 Å². The first-order chi connectivity index (χ1) is 9.28. The molecule has 0 aliphatic carbocycles. The second-order valence-electron chi connectivity index (χ2n) is 4.52. The first kappa shape index (κ1) is 11.8. The summed E-state index contributed by atoms with van der Waals surface area (Å²) in [5, 5.41) is 8.40. The van der Waals surface area contributed by atoms with E-state index >= 15 is 0 Å². The lowest BCUT2D eigenvalue weighted by molar-refractivity contribution is 0.968. The molecule has 3 aromatic rings. The monoisotopic (exact) mass is 253 g/mol. The second-order valence-corrected chi connectivity index (χ2v) is 4.52. The fraction of sp³-hybridized carbons (Fsp3) is 0.214. The number of hydrogen-bond acceptors (Lipinski definition) is 4. The molecule has 0 aliphatic heterocycles. The van der Waals surface area contributed by atoms with Gasteiger partial charge in [0.05, 0.1) is 0 Å². The fourth-order valence-electron chi connectivity index (χ4n) is 2.07. The Balaban J connectivity index is 2.04. The Morgan fingerprint density at radius 1 is 1.16 bits per heavy atom. The van der Waals surface area contributed by atoms with Crippen LogP contribution in [0.15, 0.2) is 36.7 Å². The van der Waals surface area contributed by atoms with Gasteiger partial charge in [0.15, 0.2) is 11.5 Å². The zero-order valence-electron chi connectivity index (χ0n) is 10.7. The summed E-state index contributed by atoms with van der Waals surface area (Å²) in [5.74, 6) is 0.807. The second kappa shape index (κ2) is 4.78. The number of rotatable bonds is 3. The van der Waals surface area contributed by atoms with Crippen molar-refractivity contribution in [1.82, 2.24) is 19.6 Å². The Hall–Kier alpha value is -2.27. The van der Waals surface area contributed by atoms with Gasteiger partial charge < -0.3 is 5.73 Å². The molecule has 0 saturated heterocycles. The van der Waals surface area contributed by atoms with Gasteiger partial charge in [-0.05, 0) is 25.5 Å². The predicted octanol–water partition coefficient (Wildman–Crippen LogP) is 1.60. The molecule has 96 valence electrons. The molecule has 0 unspecified atom stereocenters. The number of benzene rings is 1. The van der Waals surface area contributed by atoms with Crippen molar-refractivity contribution in [2.24, 2.45) is 5.73 Å². The molecule has 0 radical (unpaired) electrons. The normalized spacial score (nSPS) is 11.1. The summed E-state index contributed by atoms with van der Waals surface area (Å²) in [5.41, 5.74) is 9.55. The molecule has 2 N–H and O–H groups in total. The molecule has 1 aromatic carbocycles. The number of nitrogens with two attached hydrogens (primary N) is 1. The number of fused-ring (bicyclic) bond motifs is 1. The van der Waals surface area contributed by atoms with Crippen molar-refractivity contribution in [3.63, 3.8) is 0 Å². The van der Waals surface area contributed by atoms with Crippen LogP contribution in [0.4, 0.5) is 0 Å². The van der Waals surface area contributed by atoms with Crippen molar-refractivity contribution < 1.29 is 0 Å². The van der Waals surface area contributed by atoms with E-state index in [9.17, 15) is 0 Å². The van der Waals surface area contributed by atoms with E-state index in [4.69, 9.17) is 5.73 Å². The number of aryl methyl sites for hydroxylation is 1. The molecule has 5 heteroatoms. The van der Waals surface area contributed by atoms with Crippen LogP contribution in [0.5, 0.6) is 0 Å². The molecular weight excluding hydrogens is 238 g/mol. The Morgan fingerprint density at radius 2 is 1.95 bits per heavy atom. The van der Waals surface area contributed by atoms with Crippen LogP contribution >= 0.6 is 0 Å². The van der Waals surface area contributed by atoms with Crippen molar-refractivity contribution in [2.75, 3.05) is 6.54 Å². The highest BCUT2D eigenvalue weighted by Crippen LogP contribution is 2.18. The van der Waals surface area contributed by atoms with Crippen molar-refractivity contribution in [3.8, 4) is 11.4 Å². The third kappa shape index (κ3) is 2.20. The highest BCUT2D eigenvalue weighted by Gasteiger charge is 2.08. The lowest BCUT2D eigenvalue weighted by Gasteiger charge is -2.02. The molecule has 2 heterocycles. The molecule has 3 rings (SSSR count). The number of nitrogens with zero attached hydrogens (tertiary/aromatic N) is 4. The van der Waals surface area contributed by atoms with Gasteiger partial charge in [0.25, 0.3) is 0 Å². The first-order valence-electron chi connectivity index (χ1n) is 6.24. The zero-order chi connectivity index (χ0) is 13.2. The van der Waals surface area contributed by atoms with E-state index < -0.39 is 0 Å². The molecule has 19 heavy (non-hydrogen) atoms. The highest BCUT2D eigenvalue weighted by atomic mass is 15.3. The molecule has 2 aromatic heterocycles. The average Bonchev–Trinajstić information content (AvgIpc) is 2.83. The van der Waals surface area contributed by atoms with Crippen molar-refractivity contribution in [2.45, 2.75) is 13.3 Å². The average molecular weight is 253 g/mol. The van der Waals surface area contributed by atoms with Gasteiger partial charge in [-0.2, -0.15) is 0 Å². The van der Waals surface area contributed by atoms with Gasteiger partial charge in [-0.3, -0.25) is 4.40 Å². The summed E-state index contributed by atoms with van der Waals surface area (Å²) in [6.45, 7) is 2.60. The van der Waals surface area contributed by atoms with Gasteiger partial charge in [0.1, 0.15) is 6.33 Å². The van der Waals surface area contributed by atoms with Crippen molar-refractivity contribution in [1.29, 1.82) is 0 Å². The zero-order valence-corrected chi connectivity index (χ0v) is 10.7. The molecule has 5 nitrogen and oxygen atoms in total. The Morgan fingerprint density at radius 3 is 2.68 bits per heavy atom. The molecule has 0 aliphatic rings. The molecule has 0 atom stereocenters. The van der Waals surface area contributed by atoms with Crippen LogP contribution in [-0.2, 0) is 6.42 Å². The van der Waals surface area contributed by atoms with Crippen LogP contribution in [-0.4, -0.2) is 26.1 Å². The summed E-state index contributed by atoms with van der Waals surface area (Å²) in [6, 6.07) is 10.2. The van der Waals surface area contributed by atoms with Crippen LogP contribution in [0.1, 0.15) is 11.3 Å². The van der Waals surface area contributed by atoms with Gasteiger partial charge in [-0.1, -0.05) is 24.3 Å². The summed E-state index contributed by atoms with van der Waals surface area (Å²) < 4.78 is 1.89. The topological polar surface area (TPSA) is 69.1 Å². The molecule has 0 bridgehead atoms. The van der Waals surface area contributed by atoms with E-state index in [0.717, 1.165) is 29.1 Å². The van der Waals surface area contributed by atoms with E-state index in [1.165, 1.54) is 5.56 Å². The van der Waals surface area contributed by atoms with Crippen LogP contribution < -0.4 is 5.73 Å². The van der Waals surface area contributed by atoms with Gasteiger partial charge >= 0.3 is 0 Å². The summed E-state index contributed by atoms with van der Waals surface area (Å²) >= 11 is 0. The van der Waals surface area contributed by atoms with Crippen LogP contribution in [0.3, 0.4) is 0 Å². The van der Waals surface area contributed by atoms with Crippen molar-refractivity contribution in [3.05, 3.63) is 47.9 Å². The molecule has 0 spiro atoms. The summed E-state index contributed by atoms with van der Waals surface area (Å²) in [7, 11) is 0. The van der Waals surface area contributed by atoms with Crippen LogP contribution in [0, 0.1) is 6.92 Å². The standard InChI is InChI=1S/C14H15N5/c1-10-8-13-17-18-14(19(13)9-16-10)12-4-2-11(3-5-12)6-7-15/h2-5,8-9H,6-7,15H2,1H3. The molecule has 0 saturated carbocycles. The smallest absolute Gasteiger partial charge is 0.169 e. The van der Waals surface area contributed by atoms with E-state index in [0.29, 0.717) is 6.54 Å². The maximum Gasteiger partial charge on any atom is 0.169 e. The summed E-state index contributed by atoms with van der Waals surface area (Å²) in [4.78, 5) is 4.28. The molecule has 0 amide bonds. The summed E-state index contributed by atoms with van der Waals surface area (Å²) in [6.07, 6.45) is 2.65. The Labute approximate surface area is 111 Å². The third-order valence-corrected chi connectivity index (χ3v) is 3.08. The minimum Gasteiger partial charge on any atom is -0.330 e. The van der Waals surface area contributed by atoms with Gasteiger partial charge in [-0.15, -0.1) is 10.2 Å². The van der Waals surface area contributed by atoms with E-state index in [1.807, 2.05) is 29.5 Å². The van der Waals surface area contributed by atoms with E-state index in [2.05, 4.69) is 27.3 Å². The highest BCUT2D eigenvalue weighted by molar-refractivity contribution is 5.59. The number of hydrogen-bond donors (Lipinski definition) is 1.